The Morgan fingerprint density at radius 1 is 0.900 bits per heavy atom. The van der Waals surface area contributed by atoms with Gasteiger partial charge in [0, 0.05) is 25.7 Å². The topological polar surface area (TPSA) is 29.3 Å². The van der Waals surface area contributed by atoms with Gasteiger partial charge in [0.2, 0.25) is 0 Å². The van der Waals surface area contributed by atoms with E-state index < -0.39 is 0 Å². The summed E-state index contributed by atoms with van der Waals surface area (Å²) in [6.07, 6.45) is 2.31. The minimum atomic E-state index is 0.594. The number of hydrogen-bond acceptors (Lipinski definition) is 2. The van der Waals surface area contributed by atoms with E-state index >= 15 is 0 Å². The van der Waals surface area contributed by atoms with Crippen molar-refractivity contribution in [1.82, 2.24) is 4.90 Å². The summed E-state index contributed by atoms with van der Waals surface area (Å²) in [5.41, 5.74) is 10.2. The zero-order valence-corrected chi connectivity index (χ0v) is 11.8. The van der Waals surface area contributed by atoms with Crippen molar-refractivity contribution in [3.63, 3.8) is 0 Å². The highest BCUT2D eigenvalue weighted by atomic mass is 15.2. The van der Waals surface area contributed by atoms with Gasteiger partial charge in [-0.3, -0.25) is 4.90 Å². The lowest BCUT2D eigenvalue weighted by molar-refractivity contribution is 0.198. The summed E-state index contributed by atoms with van der Waals surface area (Å²) < 4.78 is 0. The van der Waals surface area contributed by atoms with Crippen molar-refractivity contribution in [2.24, 2.45) is 5.73 Å². The molecule has 0 radical (unpaired) electrons. The van der Waals surface area contributed by atoms with Crippen LogP contribution in [0.25, 0.3) is 0 Å². The van der Waals surface area contributed by atoms with E-state index in [1.165, 1.54) is 16.7 Å². The highest BCUT2D eigenvalue weighted by Crippen LogP contribution is 2.26. The van der Waals surface area contributed by atoms with Crippen molar-refractivity contribution >= 4 is 0 Å². The van der Waals surface area contributed by atoms with Gasteiger partial charge < -0.3 is 5.73 Å². The van der Waals surface area contributed by atoms with Gasteiger partial charge in [-0.1, -0.05) is 54.6 Å². The van der Waals surface area contributed by atoms with E-state index in [0.717, 1.165) is 32.5 Å². The zero-order chi connectivity index (χ0) is 13.8. The van der Waals surface area contributed by atoms with E-state index in [2.05, 4.69) is 59.5 Å². The van der Waals surface area contributed by atoms with Crippen LogP contribution in [-0.4, -0.2) is 24.0 Å². The summed E-state index contributed by atoms with van der Waals surface area (Å²) in [4.78, 5) is 2.54. The molecule has 2 aromatic carbocycles. The van der Waals surface area contributed by atoms with Crippen molar-refractivity contribution in [3.05, 3.63) is 71.3 Å². The van der Waals surface area contributed by atoms with Crippen LogP contribution in [0.4, 0.5) is 0 Å². The van der Waals surface area contributed by atoms with E-state index in [0.29, 0.717) is 6.04 Å². The minimum absolute atomic E-state index is 0.594. The largest absolute Gasteiger partial charge is 0.329 e. The molecule has 2 nitrogen and oxygen atoms in total. The maximum Gasteiger partial charge on any atom is 0.0237 e. The van der Waals surface area contributed by atoms with E-state index in [9.17, 15) is 0 Å². The quantitative estimate of drug-likeness (QED) is 0.901. The number of rotatable bonds is 5. The molecule has 0 atom stereocenters. The first-order valence-electron chi connectivity index (χ1n) is 7.41. The average Bonchev–Trinajstić information content (AvgIpc) is 2.92. The molecule has 3 rings (SSSR count). The summed E-state index contributed by atoms with van der Waals surface area (Å²) in [5, 5.41) is 0. The molecular formula is C18H22N2. The summed E-state index contributed by atoms with van der Waals surface area (Å²) in [7, 11) is 0. The summed E-state index contributed by atoms with van der Waals surface area (Å²) in [5.74, 6) is 0. The van der Waals surface area contributed by atoms with Gasteiger partial charge in [-0.05, 0) is 29.5 Å². The fourth-order valence-electron chi connectivity index (χ4n) is 3.17. The Bertz CT molecular complexity index is 525. The second kappa shape index (κ2) is 6.21. The van der Waals surface area contributed by atoms with Crippen molar-refractivity contribution in [1.29, 1.82) is 0 Å². The van der Waals surface area contributed by atoms with E-state index in [1.807, 2.05) is 0 Å². The standard InChI is InChI=1S/C18H22N2/c19-10-11-20(14-15-6-2-1-3-7-15)18-12-16-8-4-5-9-17(16)13-18/h1-9,18H,10-14,19H2. The van der Waals surface area contributed by atoms with Crippen LogP contribution in [0.15, 0.2) is 54.6 Å². The normalized spacial score (nSPS) is 14.7. The Morgan fingerprint density at radius 3 is 2.10 bits per heavy atom. The highest BCUT2D eigenvalue weighted by Gasteiger charge is 2.26. The van der Waals surface area contributed by atoms with Crippen LogP contribution in [0.5, 0.6) is 0 Å². The zero-order valence-electron chi connectivity index (χ0n) is 11.8. The Morgan fingerprint density at radius 2 is 1.50 bits per heavy atom. The number of benzene rings is 2. The van der Waals surface area contributed by atoms with Gasteiger partial charge in [0.15, 0.2) is 0 Å². The van der Waals surface area contributed by atoms with Crippen LogP contribution in [-0.2, 0) is 19.4 Å². The second-order valence-corrected chi connectivity index (χ2v) is 5.58. The molecular weight excluding hydrogens is 244 g/mol. The lowest BCUT2D eigenvalue weighted by atomic mass is 10.1. The Balaban J connectivity index is 1.72. The van der Waals surface area contributed by atoms with Gasteiger partial charge in [-0.25, -0.2) is 0 Å². The maximum atomic E-state index is 5.81. The lowest BCUT2D eigenvalue weighted by Crippen LogP contribution is -2.38. The van der Waals surface area contributed by atoms with Crippen molar-refractivity contribution in [2.75, 3.05) is 13.1 Å². The molecule has 0 saturated carbocycles. The van der Waals surface area contributed by atoms with Gasteiger partial charge in [0.1, 0.15) is 0 Å². The van der Waals surface area contributed by atoms with Crippen LogP contribution < -0.4 is 5.73 Å². The number of nitrogens with two attached hydrogens (primary N) is 1. The van der Waals surface area contributed by atoms with Crippen LogP contribution in [0, 0.1) is 0 Å². The van der Waals surface area contributed by atoms with Crippen molar-refractivity contribution < 1.29 is 0 Å². The molecule has 2 heteroatoms. The first-order valence-corrected chi connectivity index (χ1v) is 7.41. The fraction of sp³-hybridized carbons (Fsp3) is 0.333. The Labute approximate surface area is 121 Å². The SMILES string of the molecule is NCCN(Cc1ccccc1)C1Cc2ccccc2C1. The molecule has 1 aliphatic carbocycles. The third kappa shape index (κ3) is 2.92. The van der Waals surface area contributed by atoms with Gasteiger partial charge in [0.25, 0.3) is 0 Å². The molecule has 0 aromatic heterocycles. The molecule has 0 spiro atoms. The van der Waals surface area contributed by atoms with Crippen LogP contribution in [0.1, 0.15) is 16.7 Å². The third-order valence-corrected chi connectivity index (χ3v) is 4.19. The molecule has 0 fully saturated rings. The first-order chi connectivity index (χ1) is 9.86. The van der Waals surface area contributed by atoms with Gasteiger partial charge in [-0.15, -0.1) is 0 Å². The lowest BCUT2D eigenvalue weighted by Gasteiger charge is -2.28. The van der Waals surface area contributed by atoms with E-state index in [-0.39, 0.29) is 0 Å². The third-order valence-electron chi connectivity index (χ3n) is 4.19. The molecule has 0 unspecified atom stereocenters. The first kappa shape index (κ1) is 13.3. The molecule has 0 aliphatic heterocycles. The van der Waals surface area contributed by atoms with Crippen molar-refractivity contribution in [2.45, 2.75) is 25.4 Å². The molecule has 0 saturated heterocycles. The highest BCUT2D eigenvalue weighted by molar-refractivity contribution is 5.33. The molecule has 0 amide bonds. The molecule has 0 bridgehead atoms. The van der Waals surface area contributed by atoms with Gasteiger partial charge in [0.05, 0.1) is 0 Å². The second-order valence-electron chi connectivity index (χ2n) is 5.58. The van der Waals surface area contributed by atoms with Gasteiger partial charge in [-0.2, -0.15) is 0 Å². The monoisotopic (exact) mass is 266 g/mol. The summed E-state index contributed by atoms with van der Waals surface area (Å²) in [6.45, 7) is 2.68. The predicted octanol–water partition coefficient (Wildman–Crippen LogP) is 2.61. The number of nitrogens with zero attached hydrogens (tertiary/aromatic N) is 1. The predicted molar refractivity (Wildman–Crippen MR) is 83.5 cm³/mol. The Hall–Kier alpha value is -1.64. The average molecular weight is 266 g/mol. The van der Waals surface area contributed by atoms with Crippen LogP contribution in [0.3, 0.4) is 0 Å². The minimum Gasteiger partial charge on any atom is -0.329 e. The van der Waals surface area contributed by atoms with E-state index in [4.69, 9.17) is 5.73 Å². The summed E-state index contributed by atoms with van der Waals surface area (Å²) >= 11 is 0. The molecule has 2 N–H and O–H groups in total. The molecule has 1 aliphatic rings. The number of hydrogen-bond donors (Lipinski definition) is 1. The maximum absolute atomic E-state index is 5.81. The molecule has 0 heterocycles. The number of fused-ring (bicyclic) bond motifs is 1. The van der Waals surface area contributed by atoms with Gasteiger partial charge >= 0.3 is 0 Å². The molecule has 20 heavy (non-hydrogen) atoms. The molecule has 104 valence electrons. The fourth-order valence-corrected chi connectivity index (χ4v) is 3.17. The molecule has 2 aromatic rings. The smallest absolute Gasteiger partial charge is 0.0237 e. The van der Waals surface area contributed by atoms with E-state index in [1.54, 1.807) is 0 Å². The van der Waals surface area contributed by atoms with Crippen molar-refractivity contribution in [3.8, 4) is 0 Å². The summed E-state index contributed by atoms with van der Waals surface area (Å²) in [6, 6.07) is 20.1. The Kier molecular flexibility index (Phi) is 4.14. The van der Waals surface area contributed by atoms with Crippen LogP contribution in [0.2, 0.25) is 0 Å². The van der Waals surface area contributed by atoms with Crippen LogP contribution >= 0.6 is 0 Å².